The molecule has 1 N–H and O–H groups in total. The molecule has 0 saturated carbocycles. The predicted octanol–water partition coefficient (Wildman–Crippen LogP) is 6.59. The zero-order valence-electron chi connectivity index (χ0n) is 20.8. The van der Waals surface area contributed by atoms with Crippen LogP contribution in [0, 0.1) is 11.3 Å². The van der Waals surface area contributed by atoms with Gasteiger partial charge < -0.3 is 14.8 Å². The van der Waals surface area contributed by atoms with Gasteiger partial charge in [-0.3, -0.25) is 4.79 Å². The molecule has 1 amide bonds. The van der Waals surface area contributed by atoms with Gasteiger partial charge in [-0.25, -0.2) is 4.79 Å². The summed E-state index contributed by atoms with van der Waals surface area (Å²) in [5, 5.41) is 5.77. The zero-order chi connectivity index (χ0) is 24.6. The van der Waals surface area contributed by atoms with Gasteiger partial charge in [0.2, 0.25) is 5.91 Å². The third kappa shape index (κ3) is 4.69. The van der Waals surface area contributed by atoms with Crippen LogP contribution in [-0.4, -0.2) is 26.1 Å². The Morgan fingerprint density at radius 3 is 2.47 bits per heavy atom. The highest BCUT2D eigenvalue weighted by atomic mass is 32.1. The third-order valence-corrected chi connectivity index (χ3v) is 8.25. The summed E-state index contributed by atoms with van der Waals surface area (Å²) in [5.41, 5.74) is 2.69. The summed E-state index contributed by atoms with van der Waals surface area (Å²) in [5.74, 6) is 0.455. The minimum atomic E-state index is -0.380. The Morgan fingerprint density at radius 1 is 1.09 bits per heavy atom. The molecule has 0 saturated heterocycles. The maximum atomic E-state index is 13.3. The van der Waals surface area contributed by atoms with Gasteiger partial charge in [0.1, 0.15) is 10.8 Å². The van der Waals surface area contributed by atoms with Crippen LogP contribution in [0.3, 0.4) is 0 Å². The Bertz CT molecular complexity index is 1240. The van der Waals surface area contributed by atoms with Crippen LogP contribution in [0.4, 0.5) is 5.00 Å². The fourth-order valence-electron chi connectivity index (χ4n) is 4.74. The van der Waals surface area contributed by atoms with Crippen LogP contribution in [0.2, 0.25) is 0 Å². The van der Waals surface area contributed by atoms with Crippen LogP contribution in [0.25, 0.3) is 10.8 Å². The predicted molar refractivity (Wildman–Crippen MR) is 138 cm³/mol. The first-order chi connectivity index (χ1) is 16.1. The molecule has 0 aliphatic heterocycles. The van der Waals surface area contributed by atoms with Crippen LogP contribution in [0.15, 0.2) is 36.4 Å². The normalized spacial score (nSPS) is 16.6. The number of rotatable bonds is 5. The minimum absolute atomic E-state index is 0.135. The Kier molecular flexibility index (Phi) is 6.72. The molecule has 0 spiro atoms. The maximum Gasteiger partial charge on any atom is 0.341 e. The number of fused-ring (bicyclic) bond motifs is 2. The largest absolute Gasteiger partial charge is 0.497 e. The van der Waals surface area contributed by atoms with E-state index in [4.69, 9.17) is 9.47 Å². The average molecular weight is 480 g/mol. The molecule has 2 atom stereocenters. The van der Waals surface area contributed by atoms with E-state index in [1.807, 2.05) is 43.3 Å². The molecule has 3 aromatic rings. The number of anilines is 1. The van der Waals surface area contributed by atoms with Crippen LogP contribution in [0.5, 0.6) is 5.75 Å². The second-order valence-corrected chi connectivity index (χ2v) is 11.3. The molecule has 0 radical (unpaired) electrons. The summed E-state index contributed by atoms with van der Waals surface area (Å²) < 4.78 is 10.4. The molecule has 1 aliphatic carbocycles. The lowest BCUT2D eigenvalue weighted by Gasteiger charge is -2.33. The number of amides is 1. The van der Waals surface area contributed by atoms with E-state index in [1.54, 1.807) is 7.11 Å². The number of thiophene rings is 1. The van der Waals surface area contributed by atoms with Crippen molar-refractivity contribution in [1.29, 1.82) is 0 Å². The number of carbonyl (C=O) groups is 2. The second-order valence-electron chi connectivity index (χ2n) is 10.2. The van der Waals surface area contributed by atoms with Gasteiger partial charge in [-0.2, -0.15) is 0 Å². The van der Waals surface area contributed by atoms with Crippen molar-refractivity contribution in [3.05, 3.63) is 58.0 Å². The molecular weight excluding hydrogens is 446 g/mol. The average Bonchev–Trinajstić information content (AvgIpc) is 3.18. The van der Waals surface area contributed by atoms with Crippen molar-refractivity contribution < 1.29 is 19.1 Å². The number of hydrogen-bond donors (Lipinski definition) is 1. The highest BCUT2D eigenvalue weighted by molar-refractivity contribution is 7.17. The fraction of sp³-hybridized carbons (Fsp3) is 0.429. The second kappa shape index (κ2) is 9.41. The molecule has 4 rings (SSSR count). The number of methoxy groups -OCH3 is 2. The van der Waals surface area contributed by atoms with Gasteiger partial charge in [0, 0.05) is 4.88 Å². The highest BCUT2D eigenvalue weighted by Crippen LogP contribution is 2.44. The number of nitrogens with one attached hydrogen (secondary N) is 1. The van der Waals surface area contributed by atoms with E-state index < -0.39 is 0 Å². The number of hydrogen-bond acceptors (Lipinski definition) is 5. The molecule has 1 aliphatic rings. The fourth-order valence-corrected chi connectivity index (χ4v) is 6.06. The number of ether oxygens (including phenoxy) is 2. The smallest absolute Gasteiger partial charge is 0.341 e. The van der Waals surface area contributed by atoms with Crippen molar-refractivity contribution in [2.75, 3.05) is 19.5 Å². The first-order valence-corrected chi connectivity index (χ1v) is 12.6. The van der Waals surface area contributed by atoms with Crippen molar-refractivity contribution in [2.45, 2.75) is 52.9 Å². The Morgan fingerprint density at radius 2 is 1.79 bits per heavy atom. The third-order valence-electron chi connectivity index (χ3n) is 7.08. The monoisotopic (exact) mass is 479 g/mol. The quantitative estimate of drug-likeness (QED) is 0.419. The molecule has 1 heterocycles. The molecule has 5 nitrogen and oxygen atoms in total. The first-order valence-electron chi connectivity index (χ1n) is 11.7. The lowest BCUT2D eigenvalue weighted by Crippen LogP contribution is -2.26. The van der Waals surface area contributed by atoms with E-state index in [1.165, 1.54) is 23.3 Å². The molecule has 1 aromatic heterocycles. The van der Waals surface area contributed by atoms with Crippen LogP contribution in [-0.2, 0) is 22.4 Å². The van der Waals surface area contributed by atoms with Crippen molar-refractivity contribution in [3.8, 4) is 5.75 Å². The lowest BCUT2D eigenvalue weighted by atomic mass is 9.72. The number of benzene rings is 2. The zero-order valence-corrected chi connectivity index (χ0v) is 21.6. The van der Waals surface area contributed by atoms with E-state index in [0.717, 1.165) is 46.9 Å². The summed E-state index contributed by atoms with van der Waals surface area (Å²) in [4.78, 5) is 27.2. The molecular formula is C28H33NO4S. The standard InChI is InChI=1S/C28H33NO4S/c1-16(17-7-8-19-14-21(32-5)11-9-18(19)13-17)25(30)29-26-24(27(31)33-6)22-12-10-20(28(2,3)4)15-23(22)34-26/h7-9,11,13-14,16,20H,10,12,15H2,1-6H3,(H,29,30)/t16-,20?/m0/s1. The van der Waals surface area contributed by atoms with E-state index in [0.29, 0.717) is 16.5 Å². The topological polar surface area (TPSA) is 64.6 Å². The van der Waals surface area contributed by atoms with Crippen molar-refractivity contribution in [2.24, 2.45) is 11.3 Å². The minimum Gasteiger partial charge on any atom is -0.497 e. The Hall–Kier alpha value is -2.86. The molecule has 0 fully saturated rings. The Labute approximate surface area is 205 Å². The Balaban J connectivity index is 1.60. The maximum absolute atomic E-state index is 13.3. The van der Waals surface area contributed by atoms with Gasteiger partial charge >= 0.3 is 5.97 Å². The van der Waals surface area contributed by atoms with Crippen molar-refractivity contribution in [3.63, 3.8) is 0 Å². The van der Waals surface area contributed by atoms with Crippen LogP contribution >= 0.6 is 11.3 Å². The lowest BCUT2D eigenvalue weighted by molar-refractivity contribution is -0.117. The SMILES string of the molecule is COC(=O)c1c(NC(=O)[C@@H](C)c2ccc3cc(OC)ccc3c2)sc2c1CCC(C(C)(C)C)C2. The molecule has 2 aromatic carbocycles. The molecule has 34 heavy (non-hydrogen) atoms. The van der Waals surface area contributed by atoms with Crippen molar-refractivity contribution in [1.82, 2.24) is 0 Å². The van der Waals surface area contributed by atoms with E-state index >= 15 is 0 Å². The summed E-state index contributed by atoms with van der Waals surface area (Å²) in [7, 11) is 3.04. The van der Waals surface area contributed by atoms with Gasteiger partial charge in [-0.1, -0.05) is 45.0 Å². The highest BCUT2D eigenvalue weighted by Gasteiger charge is 2.34. The van der Waals surface area contributed by atoms with Crippen LogP contribution in [0.1, 0.15) is 66.4 Å². The molecule has 180 valence electrons. The summed E-state index contributed by atoms with van der Waals surface area (Å²) in [6, 6.07) is 11.9. The molecule has 0 bridgehead atoms. The van der Waals surface area contributed by atoms with Gasteiger partial charge in [0.05, 0.1) is 25.7 Å². The van der Waals surface area contributed by atoms with Gasteiger partial charge in [-0.05, 0) is 71.6 Å². The number of carbonyl (C=O) groups excluding carboxylic acids is 2. The number of esters is 1. The van der Waals surface area contributed by atoms with Crippen LogP contribution < -0.4 is 10.1 Å². The molecule has 6 heteroatoms. The summed E-state index contributed by atoms with van der Waals surface area (Å²) in [6.45, 7) is 8.69. The summed E-state index contributed by atoms with van der Waals surface area (Å²) in [6.07, 6.45) is 2.79. The van der Waals surface area contributed by atoms with Gasteiger partial charge in [-0.15, -0.1) is 11.3 Å². The van der Waals surface area contributed by atoms with Gasteiger partial charge in [0.25, 0.3) is 0 Å². The summed E-state index contributed by atoms with van der Waals surface area (Å²) >= 11 is 1.53. The van der Waals surface area contributed by atoms with E-state index in [2.05, 4.69) is 26.1 Å². The molecule has 1 unspecified atom stereocenters. The van der Waals surface area contributed by atoms with Gasteiger partial charge in [0.15, 0.2) is 0 Å². The van der Waals surface area contributed by atoms with E-state index in [-0.39, 0.29) is 23.2 Å². The van der Waals surface area contributed by atoms with Crippen molar-refractivity contribution >= 4 is 39.0 Å². The first kappa shape index (κ1) is 24.3. The van der Waals surface area contributed by atoms with E-state index in [9.17, 15) is 9.59 Å².